The standard InChI is InChI=1S/C14H11BrO2.C13H9BrO2.C3H9IOS.Na.H/c15-13-8-11(6-7-12(13)14-9-16-14)17-10-4-2-1-3-5-10;14-13-8-12(7-6-10(13)9-15)16-11-4-2-1-3-5-11;1-6(2,3,4)5;;/h1-8,14H,9H2;1-9H;1-3H3;;/q;;;+1;-1. The van der Waals surface area contributed by atoms with Crippen molar-refractivity contribution in [3.05, 3.63) is 117 Å². The molecule has 0 saturated carbocycles. The van der Waals surface area contributed by atoms with Gasteiger partial charge >= 0.3 is 29.6 Å². The predicted molar refractivity (Wildman–Crippen MR) is 176 cm³/mol. The Balaban J connectivity index is 0.000000331. The van der Waals surface area contributed by atoms with Gasteiger partial charge in [0.1, 0.15) is 29.1 Å². The molecule has 0 radical (unpaired) electrons. The topological polar surface area (TPSA) is 65.1 Å². The zero-order valence-corrected chi connectivity index (χ0v) is 30.8. The molecule has 1 aliphatic rings. The third kappa shape index (κ3) is 14.2. The summed E-state index contributed by atoms with van der Waals surface area (Å²) >= 11 is 8.81. The number of aldehydes is 1. The number of carbonyl (C=O) groups excluding carboxylic acids is 1. The van der Waals surface area contributed by atoms with Crippen LogP contribution in [0.4, 0.5) is 0 Å². The van der Waals surface area contributed by atoms with Crippen LogP contribution in [-0.4, -0.2) is 35.9 Å². The van der Waals surface area contributed by atoms with E-state index < -0.39 is 6.24 Å². The zero-order valence-electron chi connectivity index (χ0n) is 23.7. The largest absolute Gasteiger partial charge is 1.00 e. The van der Waals surface area contributed by atoms with Gasteiger partial charge in [0.25, 0.3) is 0 Å². The molecule has 208 valence electrons. The Bertz CT molecular complexity index is 1450. The van der Waals surface area contributed by atoms with Gasteiger partial charge in [0.05, 0.1) is 6.61 Å². The maximum absolute atomic E-state index is 10.8. The number of benzene rings is 4. The van der Waals surface area contributed by atoms with E-state index in [1.807, 2.05) is 100 Å². The van der Waals surface area contributed by atoms with E-state index in [4.69, 9.17) is 14.2 Å². The number of halogens is 3. The molecular formula is C30H30Br2INaO5S. The fourth-order valence-electron chi connectivity index (χ4n) is 2.98. The summed E-state index contributed by atoms with van der Waals surface area (Å²) in [7, 11) is 0. The number of hydrogen-bond acceptors (Lipinski definition) is 5. The Morgan fingerprint density at radius 2 is 1.23 bits per heavy atom. The molecule has 1 fully saturated rings. The van der Waals surface area contributed by atoms with Gasteiger partial charge in [0.2, 0.25) is 0 Å². The quantitative estimate of drug-likeness (QED) is 0.0730. The molecule has 0 N–H and O–H groups in total. The van der Waals surface area contributed by atoms with Gasteiger partial charge in [0.15, 0.2) is 6.29 Å². The first-order chi connectivity index (χ1) is 18.4. The van der Waals surface area contributed by atoms with Crippen LogP contribution in [0.25, 0.3) is 0 Å². The second kappa shape index (κ2) is 16.0. The molecule has 4 aromatic rings. The number of hydrogen-bond donors (Lipinski definition) is 0. The molecule has 0 aromatic heterocycles. The fraction of sp³-hybridized carbons (Fsp3) is 0.167. The van der Waals surface area contributed by atoms with Gasteiger partial charge in [0, 0.05) is 35.7 Å². The molecule has 40 heavy (non-hydrogen) atoms. The molecule has 5 rings (SSSR count). The minimum atomic E-state index is -2.13. The van der Waals surface area contributed by atoms with Crippen molar-refractivity contribution >= 4 is 65.6 Å². The zero-order chi connectivity index (χ0) is 28.5. The summed E-state index contributed by atoms with van der Waals surface area (Å²) in [5, 5.41) is 0. The molecule has 5 nitrogen and oxygen atoms in total. The number of rotatable bonds is 6. The molecule has 0 amide bonds. The van der Waals surface area contributed by atoms with Crippen LogP contribution in [-0.2, 0) is 11.0 Å². The summed E-state index contributed by atoms with van der Waals surface area (Å²) in [6.45, 7) is 0.817. The normalized spacial score (nSPS) is 14.3. The monoisotopic (exact) mass is 810 g/mol. The van der Waals surface area contributed by atoms with Crippen molar-refractivity contribution in [2.75, 3.05) is 25.4 Å². The summed E-state index contributed by atoms with van der Waals surface area (Å²) in [6, 6.07) is 30.5. The van der Waals surface area contributed by atoms with E-state index in [2.05, 4.69) is 31.9 Å². The van der Waals surface area contributed by atoms with E-state index in [1.54, 1.807) is 37.0 Å². The Morgan fingerprint density at radius 1 is 0.800 bits per heavy atom. The maximum Gasteiger partial charge on any atom is 1.00 e. The summed E-state index contributed by atoms with van der Waals surface area (Å²) in [6.07, 6.45) is 4.17. The smallest absolute Gasteiger partial charge is 1.00 e. The van der Waals surface area contributed by atoms with Crippen molar-refractivity contribution in [1.29, 1.82) is 0 Å². The van der Waals surface area contributed by atoms with Crippen LogP contribution in [0.1, 0.15) is 23.5 Å². The van der Waals surface area contributed by atoms with E-state index in [0.29, 0.717) is 11.3 Å². The molecule has 1 aliphatic heterocycles. The van der Waals surface area contributed by atoms with E-state index in [0.717, 1.165) is 39.1 Å². The maximum atomic E-state index is 10.8. The Hall–Kier alpha value is -1.05. The van der Waals surface area contributed by atoms with Crippen molar-refractivity contribution < 1.29 is 54.2 Å². The first kappa shape index (κ1) is 35.1. The van der Waals surface area contributed by atoms with Crippen LogP contribution in [0.15, 0.2) is 106 Å². The minimum absolute atomic E-state index is 0. The molecule has 0 aliphatic carbocycles. The van der Waals surface area contributed by atoms with Gasteiger partial charge in [-0.05, 0) is 94.9 Å². The van der Waals surface area contributed by atoms with E-state index in [1.165, 1.54) is 5.56 Å². The van der Waals surface area contributed by atoms with Gasteiger partial charge < -0.3 is 15.6 Å². The van der Waals surface area contributed by atoms with Gasteiger partial charge in [-0.1, -0.05) is 64.6 Å². The fourth-order valence-corrected chi connectivity index (χ4v) is 4.04. The van der Waals surface area contributed by atoms with E-state index in [-0.39, 0.29) is 37.1 Å². The van der Waals surface area contributed by atoms with Crippen molar-refractivity contribution in [3.8, 4) is 23.0 Å². The van der Waals surface area contributed by atoms with Crippen LogP contribution in [0.2, 0.25) is 0 Å². The van der Waals surface area contributed by atoms with Gasteiger partial charge in [-0.3, -0.25) is 9.00 Å². The molecule has 10 heteroatoms. The Kier molecular flexibility index (Phi) is 14.0. The Morgan fingerprint density at radius 3 is 1.60 bits per heavy atom. The molecular weight excluding hydrogens is 782 g/mol. The first-order valence-electron chi connectivity index (χ1n) is 11.8. The van der Waals surface area contributed by atoms with Crippen LogP contribution < -0.4 is 39.0 Å². The number of carbonyl (C=O) groups is 1. The van der Waals surface area contributed by atoms with Crippen molar-refractivity contribution in [2.45, 2.75) is 6.10 Å². The van der Waals surface area contributed by atoms with Crippen LogP contribution >= 0.6 is 53.1 Å². The number of para-hydroxylation sites is 2. The van der Waals surface area contributed by atoms with Gasteiger partial charge in [-0.2, -0.15) is 0 Å². The molecule has 1 saturated heterocycles. The second-order valence-corrected chi connectivity index (χ2v) is 24.6. The van der Waals surface area contributed by atoms with Crippen molar-refractivity contribution in [3.63, 3.8) is 0 Å². The average molecular weight is 812 g/mol. The Labute approximate surface area is 288 Å². The SMILES string of the molecule is Brc1cc(Oc2ccccc2)ccc1C1CO1.CS(C)(C)(=O)I.O=Cc1ccc(Oc2ccccc2)cc1Br.[H-].[Na+]. The summed E-state index contributed by atoms with van der Waals surface area (Å²) in [4.78, 5) is 10.6. The minimum Gasteiger partial charge on any atom is -1.00 e. The molecule has 1 unspecified atom stereocenters. The molecule has 0 bridgehead atoms. The number of epoxide rings is 1. The molecule has 4 aromatic carbocycles. The molecule has 0 spiro atoms. The third-order valence-corrected chi connectivity index (χ3v) is 6.08. The van der Waals surface area contributed by atoms with E-state index in [9.17, 15) is 9.00 Å². The first-order valence-corrected chi connectivity index (χ1v) is 19.1. The predicted octanol–water partition coefficient (Wildman–Crippen LogP) is 6.53. The summed E-state index contributed by atoms with van der Waals surface area (Å²) in [5.74, 6) is 3.14. The summed E-state index contributed by atoms with van der Waals surface area (Å²) in [5.41, 5.74) is 1.80. The van der Waals surface area contributed by atoms with Gasteiger partial charge in [-0.15, -0.1) is 0 Å². The van der Waals surface area contributed by atoms with Crippen molar-refractivity contribution in [2.24, 2.45) is 0 Å². The molecule has 1 heterocycles. The average Bonchev–Trinajstić information content (AvgIpc) is 3.70. The second-order valence-electron chi connectivity index (χ2n) is 9.39. The summed E-state index contributed by atoms with van der Waals surface area (Å²) < 4.78 is 29.2. The molecule has 1 atom stereocenters. The van der Waals surface area contributed by atoms with Crippen LogP contribution in [0, 0.1) is 0 Å². The van der Waals surface area contributed by atoms with E-state index >= 15 is 0 Å². The van der Waals surface area contributed by atoms with Gasteiger partial charge in [-0.25, -0.2) is 0 Å². The van der Waals surface area contributed by atoms with Crippen LogP contribution in [0.5, 0.6) is 23.0 Å². The van der Waals surface area contributed by atoms with Crippen LogP contribution in [0.3, 0.4) is 0 Å². The van der Waals surface area contributed by atoms with Crippen molar-refractivity contribution in [1.82, 2.24) is 0 Å². The third-order valence-electron chi connectivity index (χ3n) is 4.71. The number of ether oxygens (including phenoxy) is 3.